The number of aromatic nitrogens is 3. The highest BCUT2D eigenvalue weighted by molar-refractivity contribution is 5.67. The van der Waals surface area contributed by atoms with Gasteiger partial charge in [0.2, 0.25) is 5.95 Å². The molecule has 2 heterocycles. The van der Waals surface area contributed by atoms with Gasteiger partial charge in [0.05, 0.1) is 22.6 Å². The largest absolute Gasteiger partial charge is 0.418 e. The first-order valence-electron chi connectivity index (χ1n) is 9.06. The van der Waals surface area contributed by atoms with Gasteiger partial charge < -0.3 is 15.5 Å². The second-order valence-corrected chi connectivity index (χ2v) is 6.69. The maximum Gasteiger partial charge on any atom is 0.418 e. The Kier molecular flexibility index (Phi) is 6.46. The summed E-state index contributed by atoms with van der Waals surface area (Å²) in [6.45, 7) is 1.19. The first-order chi connectivity index (χ1) is 14.2. The van der Waals surface area contributed by atoms with Gasteiger partial charge in [-0.1, -0.05) is 12.1 Å². The molecule has 0 amide bonds. The minimum absolute atomic E-state index is 0.00797. The standard InChI is InChI=1S/C20H20F4N6/c1-30(2)11-10-26-19-27-16(15-8-3-4-9-25-15)12-17(29-19)28-18-13(20(22,23)24)6-5-7-14(18)21/h3-9,12H,10-11H2,1-2H3,(H2,26,27,28,29). The molecular weight excluding hydrogens is 400 g/mol. The molecule has 0 spiro atoms. The molecule has 0 saturated carbocycles. The molecule has 2 N–H and O–H groups in total. The van der Waals surface area contributed by atoms with E-state index in [1.807, 2.05) is 19.0 Å². The van der Waals surface area contributed by atoms with Gasteiger partial charge in [0, 0.05) is 25.4 Å². The smallest absolute Gasteiger partial charge is 0.353 e. The fraction of sp³-hybridized carbons (Fsp3) is 0.250. The molecule has 30 heavy (non-hydrogen) atoms. The van der Waals surface area contributed by atoms with Crippen molar-refractivity contribution in [1.29, 1.82) is 0 Å². The fourth-order valence-electron chi connectivity index (χ4n) is 2.64. The first kappa shape index (κ1) is 21.4. The van der Waals surface area contributed by atoms with E-state index in [0.29, 0.717) is 24.5 Å². The summed E-state index contributed by atoms with van der Waals surface area (Å²) in [5.41, 5.74) is -0.939. The molecule has 6 nitrogen and oxygen atoms in total. The molecule has 0 bridgehead atoms. The number of anilines is 3. The Balaban J connectivity index is 2.00. The summed E-state index contributed by atoms with van der Waals surface area (Å²) in [4.78, 5) is 14.7. The zero-order valence-corrected chi connectivity index (χ0v) is 16.3. The number of pyridine rings is 1. The molecule has 0 aliphatic heterocycles. The lowest BCUT2D eigenvalue weighted by Crippen LogP contribution is -2.21. The predicted octanol–water partition coefficient (Wildman–Crippen LogP) is 4.41. The van der Waals surface area contributed by atoms with Crippen LogP contribution in [0.2, 0.25) is 0 Å². The lowest BCUT2D eigenvalue weighted by Gasteiger charge is -2.16. The zero-order valence-electron chi connectivity index (χ0n) is 16.3. The van der Waals surface area contributed by atoms with E-state index >= 15 is 0 Å². The molecule has 0 saturated heterocycles. The van der Waals surface area contributed by atoms with Gasteiger partial charge in [-0.05, 0) is 38.4 Å². The Labute approximate surface area is 171 Å². The van der Waals surface area contributed by atoms with Crippen LogP contribution in [0.25, 0.3) is 11.4 Å². The number of rotatable bonds is 7. The summed E-state index contributed by atoms with van der Waals surface area (Å²) >= 11 is 0. The number of alkyl halides is 3. The molecule has 3 rings (SSSR count). The number of nitrogens with zero attached hydrogens (tertiary/aromatic N) is 4. The molecule has 0 aliphatic rings. The van der Waals surface area contributed by atoms with Crippen molar-refractivity contribution in [1.82, 2.24) is 19.9 Å². The quantitative estimate of drug-likeness (QED) is 0.552. The van der Waals surface area contributed by atoms with Crippen molar-refractivity contribution in [2.75, 3.05) is 37.8 Å². The second-order valence-electron chi connectivity index (χ2n) is 6.69. The maximum absolute atomic E-state index is 14.2. The van der Waals surface area contributed by atoms with E-state index in [0.717, 1.165) is 18.2 Å². The summed E-state index contributed by atoms with van der Waals surface area (Å²) in [5.74, 6) is -0.842. The minimum Gasteiger partial charge on any atom is -0.353 e. The molecular formula is C20H20F4N6. The normalized spacial score (nSPS) is 11.6. The Morgan fingerprint density at radius 1 is 1.00 bits per heavy atom. The molecule has 2 aromatic heterocycles. The summed E-state index contributed by atoms with van der Waals surface area (Å²) in [5, 5.41) is 5.50. The van der Waals surface area contributed by atoms with Gasteiger partial charge in [0.1, 0.15) is 11.6 Å². The average Bonchev–Trinajstić information content (AvgIpc) is 2.69. The van der Waals surface area contributed by atoms with Crippen molar-refractivity contribution in [3.63, 3.8) is 0 Å². The van der Waals surface area contributed by atoms with E-state index in [1.54, 1.807) is 24.4 Å². The van der Waals surface area contributed by atoms with Gasteiger partial charge in [0.25, 0.3) is 0 Å². The third-order valence-electron chi connectivity index (χ3n) is 4.07. The minimum atomic E-state index is -4.73. The number of nitrogens with one attached hydrogen (secondary N) is 2. The number of hydrogen-bond acceptors (Lipinski definition) is 6. The van der Waals surface area contributed by atoms with Gasteiger partial charge >= 0.3 is 6.18 Å². The van der Waals surface area contributed by atoms with Gasteiger partial charge in [-0.25, -0.2) is 9.37 Å². The lowest BCUT2D eigenvalue weighted by atomic mass is 10.1. The van der Waals surface area contributed by atoms with Crippen LogP contribution < -0.4 is 10.6 Å². The molecule has 0 atom stereocenters. The van der Waals surface area contributed by atoms with Gasteiger partial charge in [-0.3, -0.25) is 4.98 Å². The second kappa shape index (κ2) is 9.04. The Hall–Kier alpha value is -3.27. The van der Waals surface area contributed by atoms with Crippen LogP contribution in [0.4, 0.5) is 35.0 Å². The fourth-order valence-corrected chi connectivity index (χ4v) is 2.64. The van der Waals surface area contributed by atoms with Crippen LogP contribution in [0.15, 0.2) is 48.7 Å². The van der Waals surface area contributed by atoms with E-state index in [-0.39, 0.29) is 11.8 Å². The summed E-state index contributed by atoms with van der Waals surface area (Å²) in [6.07, 6.45) is -3.16. The van der Waals surface area contributed by atoms with Crippen molar-refractivity contribution in [3.8, 4) is 11.4 Å². The van der Waals surface area contributed by atoms with Crippen molar-refractivity contribution in [2.24, 2.45) is 0 Å². The van der Waals surface area contributed by atoms with Crippen LogP contribution >= 0.6 is 0 Å². The zero-order chi connectivity index (χ0) is 21.7. The highest BCUT2D eigenvalue weighted by Crippen LogP contribution is 2.37. The van der Waals surface area contributed by atoms with Gasteiger partial charge in [0.15, 0.2) is 0 Å². The van der Waals surface area contributed by atoms with E-state index in [1.165, 1.54) is 6.07 Å². The summed E-state index contributed by atoms with van der Waals surface area (Å²) < 4.78 is 54.2. The lowest BCUT2D eigenvalue weighted by molar-refractivity contribution is -0.137. The number of likely N-dealkylation sites (N-methyl/N-ethyl adjacent to an activating group) is 1. The van der Waals surface area contributed by atoms with Crippen LogP contribution in [0.1, 0.15) is 5.56 Å². The molecule has 1 aromatic carbocycles. The van der Waals surface area contributed by atoms with Crippen LogP contribution in [0.3, 0.4) is 0 Å². The summed E-state index contributed by atoms with van der Waals surface area (Å²) in [7, 11) is 3.80. The number of halogens is 4. The van der Waals surface area contributed by atoms with Crippen molar-refractivity contribution in [3.05, 3.63) is 60.0 Å². The molecule has 0 unspecified atom stereocenters. The average molecular weight is 420 g/mol. The molecule has 0 radical (unpaired) electrons. The maximum atomic E-state index is 14.2. The molecule has 158 valence electrons. The van der Waals surface area contributed by atoms with Crippen LogP contribution in [0, 0.1) is 5.82 Å². The third kappa shape index (κ3) is 5.41. The van der Waals surface area contributed by atoms with Crippen LogP contribution in [0.5, 0.6) is 0 Å². The van der Waals surface area contributed by atoms with Crippen molar-refractivity contribution >= 4 is 17.5 Å². The molecule has 0 fully saturated rings. The SMILES string of the molecule is CN(C)CCNc1nc(Nc2c(F)cccc2C(F)(F)F)cc(-c2ccccn2)n1. The van der Waals surface area contributed by atoms with Crippen LogP contribution in [-0.4, -0.2) is 47.0 Å². The van der Waals surface area contributed by atoms with E-state index in [9.17, 15) is 17.6 Å². The van der Waals surface area contributed by atoms with Crippen molar-refractivity contribution in [2.45, 2.75) is 6.18 Å². The molecule has 0 aliphatic carbocycles. The number of para-hydroxylation sites is 1. The molecule has 3 aromatic rings. The van der Waals surface area contributed by atoms with Gasteiger partial charge in [-0.15, -0.1) is 0 Å². The highest BCUT2D eigenvalue weighted by Gasteiger charge is 2.35. The van der Waals surface area contributed by atoms with Crippen molar-refractivity contribution < 1.29 is 17.6 Å². The van der Waals surface area contributed by atoms with E-state index < -0.39 is 23.2 Å². The Morgan fingerprint density at radius 2 is 1.80 bits per heavy atom. The highest BCUT2D eigenvalue weighted by atomic mass is 19.4. The van der Waals surface area contributed by atoms with Crippen LogP contribution in [-0.2, 0) is 6.18 Å². The monoisotopic (exact) mass is 420 g/mol. The van der Waals surface area contributed by atoms with E-state index in [4.69, 9.17) is 0 Å². The summed E-state index contributed by atoms with van der Waals surface area (Å²) in [6, 6.07) is 9.39. The Bertz CT molecular complexity index is 992. The number of benzene rings is 1. The third-order valence-corrected chi connectivity index (χ3v) is 4.07. The molecule has 10 heteroatoms. The van der Waals surface area contributed by atoms with E-state index in [2.05, 4.69) is 25.6 Å². The first-order valence-corrected chi connectivity index (χ1v) is 9.06. The number of hydrogen-bond donors (Lipinski definition) is 2. The predicted molar refractivity (Wildman–Crippen MR) is 107 cm³/mol. The van der Waals surface area contributed by atoms with Gasteiger partial charge in [-0.2, -0.15) is 18.2 Å². The Morgan fingerprint density at radius 3 is 2.47 bits per heavy atom. The topological polar surface area (TPSA) is 66.0 Å².